The minimum atomic E-state index is -0.650. The highest BCUT2D eigenvalue weighted by molar-refractivity contribution is 8.02. The lowest BCUT2D eigenvalue weighted by atomic mass is 9.66. The molecule has 0 aliphatic carbocycles. The lowest BCUT2D eigenvalue weighted by Crippen LogP contribution is -2.55. The summed E-state index contributed by atoms with van der Waals surface area (Å²) in [6.07, 6.45) is 9.13. The van der Waals surface area contributed by atoms with Crippen molar-refractivity contribution in [3.05, 3.63) is 55.6 Å². The molecule has 40 heavy (non-hydrogen) atoms. The van der Waals surface area contributed by atoms with Crippen LogP contribution in [0.3, 0.4) is 0 Å². The van der Waals surface area contributed by atoms with Crippen molar-refractivity contribution >= 4 is 35.2 Å². The average Bonchev–Trinajstić information content (AvgIpc) is 3.52. The van der Waals surface area contributed by atoms with Gasteiger partial charge >= 0.3 is 0 Å². The number of likely N-dealkylation sites (tertiary alicyclic amines) is 1. The predicted molar refractivity (Wildman–Crippen MR) is 162 cm³/mol. The van der Waals surface area contributed by atoms with Gasteiger partial charge in [0.15, 0.2) is 0 Å². The Hall–Kier alpha value is -2.58. The van der Waals surface area contributed by atoms with Gasteiger partial charge in [0.25, 0.3) is 0 Å². The molecule has 218 valence electrons. The van der Waals surface area contributed by atoms with Gasteiger partial charge in [0.1, 0.15) is 6.04 Å². The molecule has 4 rings (SSSR count). The van der Waals surface area contributed by atoms with Crippen LogP contribution in [0.15, 0.2) is 55.6 Å². The number of benzene rings is 1. The van der Waals surface area contributed by atoms with Gasteiger partial charge in [-0.1, -0.05) is 50.1 Å². The van der Waals surface area contributed by atoms with Crippen molar-refractivity contribution in [2.45, 2.75) is 74.3 Å². The number of aliphatic hydroxyl groups excluding tert-OH is 1. The summed E-state index contributed by atoms with van der Waals surface area (Å²) in [5.41, 5.74) is 0.781. The minimum absolute atomic E-state index is 0.0355. The molecule has 5 atom stereocenters. The lowest BCUT2D eigenvalue weighted by Gasteiger charge is -2.38. The Balaban J connectivity index is 1.74. The number of hydrogen-bond donors (Lipinski definition) is 1. The van der Waals surface area contributed by atoms with Crippen molar-refractivity contribution < 1.29 is 19.5 Å². The number of thioether (sulfide) groups is 1. The number of hydrogen-bond acceptors (Lipinski definition) is 5. The number of carbonyl (C=O) groups is 3. The van der Waals surface area contributed by atoms with Crippen molar-refractivity contribution in [1.29, 1.82) is 0 Å². The topological polar surface area (TPSA) is 81.2 Å². The molecule has 1 aromatic carbocycles. The van der Waals surface area contributed by atoms with Crippen molar-refractivity contribution in [3.63, 3.8) is 0 Å². The third-order valence-corrected chi connectivity index (χ3v) is 10.9. The third kappa shape index (κ3) is 5.37. The lowest BCUT2D eigenvalue weighted by molar-refractivity contribution is -0.143. The summed E-state index contributed by atoms with van der Waals surface area (Å²) >= 11 is 1.71. The molecule has 2 unspecified atom stereocenters. The Morgan fingerprint density at radius 1 is 1.07 bits per heavy atom. The summed E-state index contributed by atoms with van der Waals surface area (Å²) in [6, 6.07) is 8.92. The number of fused-ring (bicyclic) bond motifs is 1. The second-order valence-corrected chi connectivity index (χ2v) is 13.4. The van der Waals surface area contributed by atoms with E-state index in [2.05, 4.69) is 27.0 Å². The van der Waals surface area contributed by atoms with Crippen LogP contribution in [0.2, 0.25) is 0 Å². The zero-order valence-electron chi connectivity index (χ0n) is 24.1. The van der Waals surface area contributed by atoms with Gasteiger partial charge < -0.3 is 19.8 Å². The van der Waals surface area contributed by atoms with Crippen LogP contribution in [0.5, 0.6) is 0 Å². The van der Waals surface area contributed by atoms with Crippen LogP contribution in [0.4, 0.5) is 5.69 Å². The van der Waals surface area contributed by atoms with E-state index in [0.29, 0.717) is 39.0 Å². The van der Waals surface area contributed by atoms with E-state index in [-0.39, 0.29) is 24.3 Å². The Morgan fingerprint density at radius 2 is 1.80 bits per heavy atom. The van der Waals surface area contributed by atoms with Gasteiger partial charge in [0, 0.05) is 43.2 Å². The fourth-order valence-electron chi connectivity index (χ4n) is 7.12. The zero-order valence-corrected chi connectivity index (χ0v) is 24.9. The summed E-state index contributed by atoms with van der Waals surface area (Å²) in [7, 11) is 0. The van der Waals surface area contributed by atoms with Gasteiger partial charge in [-0.2, -0.15) is 0 Å². The van der Waals surface area contributed by atoms with Crippen molar-refractivity contribution in [1.82, 2.24) is 9.80 Å². The van der Waals surface area contributed by atoms with E-state index in [9.17, 15) is 19.5 Å². The highest BCUT2D eigenvalue weighted by Crippen LogP contribution is 2.71. The second kappa shape index (κ2) is 12.9. The van der Waals surface area contributed by atoms with Gasteiger partial charge in [-0.25, -0.2) is 0 Å². The summed E-state index contributed by atoms with van der Waals surface area (Å²) in [5, 5.41) is 9.44. The van der Waals surface area contributed by atoms with E-state index in [1.807, 2.05) is 35.2 Å². The van der Waals surface area contributed by atoms with E-state index in [1.165, 1.54) is 0 Å². The molecule has 3 amide bonds. The highest BCUT2D eigenvalue weighted by Gasteiger charge is 2.77. The summed E-state index contributed by atoms with van der Waals surface area (Å²) < 4.78 is -1.09. The van der Waals surface area contributed by atoms with E-state index in [1.54, 1.807) is 33.7 Å². The second-order valence-electron chi connectivity index (χ2n) is 11.5. The molecule has 0 aromatic heterocycles. The Bertz CT molecular complexity index is 1100. The predicted octanol–water partition coefficient (Wildman–Crippen LogP) is 4.66. The molecule has 3 heterocycles. The molecule has 1 aromatic rings. The quantitative estimate of drug-likeness (QED) is 0.246. The molecule has 3 fully saturated rings. The number of anilines is 1. The van der Waals surface area contributed by atoms with Crippen molar-refractivity contribution in [3.8, 4) is 0 Å². The highest BCUT2D eigenvalue weighted by atomic mass is 32.2. The first-order valence-electron chi connectivity index (χ1n) is 14.8. The molecule has 0 saturated carbocycles. The first-order chi connectivity index (χ1) is 19.3. The molecule has 3 aliphatic heterocycles. The number of carbonyl (C=O) groups excluding carboxylic acids is 3. The third-order valence-electron chi connectivity index (χ3n) is 8.92. The van der Waals surface area contributed by atoms with Gasteiger partial charge in [0.05, 0.1) is 16.6 Å². The van der Waals surface area contributed by atoms with E-state index in [0.717, 1.165) is 37.8 Å². The average molecular weight is 568 g/mol. The monoisotopic (exact) mass is 567 g/mol. The van der Waals surface area contributed by atoms with Crippen LogP contribution in [0.1, 0.15) is 58.8 Å². The van der Waals surface area contributed by atoms with Crippen LogP contribution in [0.25, 0.3) is 0 Å². The van der Waals surface area contributed by atoms with Gasteiger partial charge in [-0.3, -0.25) is 14.4 Å². The van der Waals surface area contributed by atoms with Crippen LogP contribution < -0.4 is 4.90 Å². The molecule has 0 radical (unpaired) electrons. The normalized spacial score (nSPS) is 28.4. The standard InChI is InChI=1S/C32H45N3O4S/c1-5-8-12-21-33(19-6-2)30(39)27-32-18-17-31(4,40-32)25(26(32)29(38)35(27)22-13-14-23-36)28(37)34(20-7-3)24-15-10-9-11-16-24/h6-7,9-11,15-16,25-27,36H,2-3,5,8,12-14,17-23H2,1,4H3/t25-,26-,27?,31+,32?/m0/s1. The molecule has 3 aliphatic rings. The SMILES string of the molecule is C=CCN(CCCCC)C(=O)C1N(CCCCO)C(=O)[C@@H]2[C@@H](C(=O)N(CC=C)c3ccccc3)[C@@]3(C)CCC12S3. The number of nitrogens with zero attached hydrogens (tertiary/aromatic N) is 3. The Labute approximate surface area is 243 Å². The van der Waals surface area contributed by atoms with Crippen molar-refractivity contribution in [2.75, 3.05) is 37.7 Å². The number of aliphatic hydroxyl groups is 1. The summed E-state index contributed by atoms with van der Waals surface area (Å²) in [6.45, 7) is 13.9. The van der Waals surface area contributed by atoms with Crippen molar-refractivity contribution in [2.24, 2.45) is 11.8 Å². The first kappa shape index (κ1) is 30.4. The molecule has 1 N–H and O–H groups in total. The van der Waals surface area contributed by atoms with Crippen LogP contribution in [-0.4, -0.2) is 80.9 Å². The van der Waals surface area contributed by atoms with Gasteiger partial charge in [0.2, 0.25) is 17.7 Å². The molecule has 7 nitrogen and oxygen atoms in total. The minimum Gasteiger partial charge on any atom is -0.396 e. The molecular formula is C32H45N3O4S. The number of rotatable bonds is 15. The fraction of sp³-hybridized carbons (Fsp3) is 0.594. The maximum Gasteiger partial charge on any atom is 0.247 e. The Morgan fingerprint density at radius 3 is 2.45 bits per heavy atom. The Kier molecular flexibility index (Phi) is 9.83. The molecule has 1 spiro atoms. The smallest absolute Gasteiger partial charge is 0.247 e. The van der Waals surface area contributed by atoms with Gasteiger partial charge in [-0.05, 0) is 51.2 Å². The van der Waals surface area contributed by atoms with E-state index < -0.39 is 27.4 Å². The number of amides is 3. The maximum absolute atomic E-state index is 14.4. The summed E-state index contributed by atoms with van der Waals surface area (Å²) in [4.78, 5) is 48.5. The maximum atomic E-state index is 14.4. The van der Waals surface area contributed by atoms with E-state index >= 15 is 0 Å². The molecule has 2 bridgehead atoms. The molecule has 3 saturated heterocycles. The largest absolute Gasteiger partial charge is 0.396 e. The molecule has 8 heteroatoms. The number of unbranched alkanes of at least 4 members (excludes halogenated alkanes) is 3. The fourth-order valence-corrected chi connectivity index (χ4v) is 9.46. The van der Waals surface area contributed by atoms with Crippen LogP contribution >= 0.6 is 11.8 Å². The molecular weight excluding hydrogens is 522 g/mol. The van der Waals surface area contributed by atoms with Crippen LogP contribution in [0, 0.1) is 11.8 Å². The number of para-hydroxylation sites is 1. The van der Waals surface area contributed by atoms with Crippen LogP contribution in [-0.2, 0) is 14.4 Å². The summed E-state index contributed by atoms with van der Waals surface area (Å²) in [5.74, 6) is -1.31. The first-order valence-corrected chi connectivity index (χ1v) is 15.6. The van der Waals surface area contributed by atoms with Gasteiger partial charge in [-0.15, -0.1) is 24.9 Å². The van der Waals surface area contributed by atoms with E-state index in [4.69, 9.17) is 0 Å². The zero-order chi connectivity index (χ0) is 28.9.